The molecular formula is C12H14N2O2S. The Bertz CT molecular complexity index is 425. The van der Waals surface area contributed by atoms with E-state index >= 15 is 0 Å². The average molecular weight is 250 g/mol. The van der Waals surface area contributed by atoms with Gasteiger partial charge in [0, 0.05) is 12.3 Å². The van der Waals surface area contributed by atoms with E-state index in [0.717, 1.165) is 12.3 Å². The third-order valence-electron chi connectivity index (χ3n) is 2.52. The van der Waals surface area contributed by atoms with Gasteiger partial charge in [0.2, 0.25) is 0 Å². The molecule has 0 radical (unpaired) electrons. The van der Waals surface area contributed by atoms with E-state index in [1.165, 1.54) is 16.3 Å². The number of rotatable bonds is 4. The maximum atomic E-state index is 12.0. The minimum atomic E-state index is -0.200. The first-order chi connectivity index (χ1) is 8.11. The smallest absolute Gasteiger partial charge is 0.271 e. The lowest BCUT2D eigenvalue weighted by Crippen LogP contribution is -2.25. The number of nitrogens with zero attached hydrogens (tertiary/aromatic N) is 2. The van der Waals surface area contributed by atoms with Crippen molar-refractivity contribution in [3.63, 3.8) is 0 Å². The summed E-state index contributed by atoms with van der Waals surface area (Å²) in [5, 5.41) is 0. The van der Waals surface area contributed by atoms with Crippen LogP contribution in [0, 0.1) is 0 Å². The molecule has 1 aliphatic rings. The SMILES string of the molecule is CN(C)CCSN1C(=O)c2ccccc2C1=O. The summed E-state index contributed by atoms with van der Waals surface area (Å²) in [6.45, 7) is 0.831. The normalized spacial score (nSPS) is 14.6. The summed E-state index contributed by atoms with van der Waals surface area (Å²) < 4.78 is 1.26. The van der Waals surface area contributed by atoms with E-state index in [0.29, 0.717) is 11.1 Å². The fourth-order valence-corrected chi connectivity index (χ4v) is 2.66. The molecule has 17 heavy (non-hydrogen) atoms. The highest BCUT2D eigenvalue weighted by Gasteiger charge is 2.35. The summed E-state index contributed by atoms with van der Waals surface area (Å²) in [5.74, 6) is 0.321. The van der Waals surface area contributed by atoms with Crippen LogP contribution in [0.15, 0.2) is 24.3 Å². The summed E-state index contributed by atoms with van der Waals surface area (Å²) in [5.41, 5.74) is 1.02. The molecule has 0 N–H and O–H groups in total. The van der Waals surface area contributed by atoms with Crippen molar-refractivity contribution in [3.8, 4) is 0 Å². The summed E-state index contributed by atoms with van der Waals surface area (Å²) in [4.78, 5) is 25.9. The molecule has 1 heterocycles. The van der Waals surface area contributed by atoms with Gasteiger partial charge in [0.25, 0.3) is 11.8 Å². The van der Waals surface area contributed by atoms with Gasteiger partial charge in [-0.1, -0.05) is 12.1 Å². The lowest BCUT2D eigenvalue weighted by atomic mass is 10.1. The van der Waals surface area contributed by atoms with E-state index in [-0.39, 0.29) is 11.8 Å². The quantitative estimate of drug-likeness (QED) is 0.599. The maximum absolute atomic E-state index is 12.0. The fraction of sp³-hybridized carbons (Fsp3) is 0.333. The van der Waals surface area contributed by atoms with E-state index in [4.69, 9.17) is 0 Å². The van der Waals surface area contributed by atoms with Crippen LogP contribution in [0.2, 0.25) is 0 Å². The van der Waals surface area contributed by atoms with Crippen LogP contribution in [-0.4, -0.2) is 47.4 Å². The molecule has 0 saturated carbocycles. The van der Waals surface area contributed by atoms with Gasteiger partial charge in [0.05, 0.1) is 11.1 Å². The summed E-state index contributed by atoms with van der Waals surface area (Å²) in [7, 11) is 3.92. The van der Waals surface area contributed by atoms with Crippen LogP contribution in [0.5, 0.6) is 0 Å². The minimum absolute atomic E-state index is 0.200. The van der Waals surface area contributed by atoms with Crippen molar-refractivity contribution < 1.29 is 9.59 Å². The Morgan fingerprint density at radius 1 is 1.12 bits per heavy atom. The molecule has 1 aliphatic heterocycles. The van der Waals surface area contributed by atoms with Gasteiger partial charge in [0.15, 0.2) is 0 Å². The zero-order valence-corrected chi connectivity index (χ0v) is 10.7. The molecule has 0 unspecified atom stereocenters. The highest BCUT2D eigenvalue weighted by molar-refractivity contribution is 7.98. The Balaban J connectivity index is 2.08. The first-order valence-electron chi connectivity index (χ1n) is 5.36. The Labute approximate surface area is 105 Å². The van der Waals surface area contributed by atoms with E-state index in [2.05, 4.69) is 0 Å². The zero-order valence-electron chi connectivity index (χ0n) is 9.84. The first kappa shape index (κ1) is 12.1. The number of imide groups is 1. The Morgan fingerprint density at radius 2 is 1.65 bits per heavy atom. The number of fused-ring (bicyclic) bond motifs is 1. The van der Waals surface area contributed by atoms with E-state index in [1.54, 1.807) is 24.3 Å². The van der Waals surface area contributed by atoms with Gasteiger partial charge in [-0.15, -0.1) is 0 Å². The maximum Gasteiger partial charge on any atom is 0.271 e. The summed E-state index contributed by atoms with van der Waals surface area (Å²) >= 11 is 1.28. The van der Waals surface area contributed by atoms with Crippen molar-refractivity contribution in [3.05, 3.63) is 35.4 Å². The molecule has 0 aromatic heterocycles. The number of benzene rings is 1. The van der Waals surface area contributed by atoms with Crippen LogP contribution in [0.3, 0.4) is 0 Å². The van der Waals surface area contributed by atoms with Crippen molar-refractivity contribution >= 4 is 23.8 Å². The van der Waals surface area contributed by atoms with Crippen molar-refractivity contribution in [2.75, 3.05) is 26.4 Å². The standard InChI is InChI=1S/C12H14N2O2S/c1-13(2)7-8-17-14-11(15)9-5-3-4-6-10(9)12(14)16/h3-6H,7-8H2,1-2H3. The molecule has 0 bridgehead atoms. The third-order valence-corrected chi connectivity index (χ3v) is 3.47. The molecule has 0 aliphatic carbocycles. The van der Waals surface area contributed by atoms with Crippen LogP contribution >= 0.6 is 11.9 Å². The monoisotopic (exact) mass is 250 g/mol. The molecule has 2 amide bonds. The molecule has 5 heteroatoms. The summed E-state index contributed by atoms with van der Waals surface area (Å²) in [6.07, 6.45) is 0. The van der Waals surface area contributed by atoms with Crippen LogP contribution in [-0.2, 0) is 0 Å². The number of amides is 2. The highest BCUT2D eigenvalue weighted by atomic mass is 32.2. The topological polar surface area (TPSA) is 40.6 Å². The van der Waals surface area contributed by atoms with Crippen LogP contribution in [0.1, 0.15) is 20.7 Å². The second-order valence-corrected chi connectivity index (χ2v) is 5.12. The second-order valence-electron chi connectivity index (χ2n) is 4.09. The van der Waals surface area contributed by atoms with Crippen molar-refractivity contribution in [2.45, 2.75) is 0 Å². The average Bonchev–Trinajstić information content (AvgIpc) is 2.54. The lowest BCUT2D eigenvalue weighted by molar-refractivity contribution is 0.0777. The predicted octanol–water partition coefficient (Wildman–Crippen LogP) is 1.49. The van der Waals surface area contributed by atoms with Gasteiger partial charge >= 0.3 is 0 Å². The molecule has 0 saturated heterocycles. The minimum Gasteiger partial charge on any atom is -0.309 e. The van der Waals surface area contributed by atoms with E-state index in [1.807, 2.05) is 19.0 Å². The van der Waals surface area contributed by atoms with Crippen LogP contribution < -0.4 is 0 Å². The largest absolute Gasteiger partial charge is 0.309 e. The van der Waals surface area contributed by atoms with Gasteiger partial charge in [-0.2, -0.15) is 0 Å². The predicted molar refractivity (Wildman–Crippen MR) is 68.0 cm³/mol. The molecule has 2 rings (SSSR count). The molecule has 90 valence electrons. The molecule has 0 fully saturated rings. The van der Waals surface area contributed by atoms with Crippen molar-refractivity contribution in [1.29, 1.82) is 0 Å². The van der Waals surface area contributed by atoms with Gasteiger partial charge in [-0.3, -0.25) is 9.59 Å². The Kier molecular flexibility index (Phi) is 3.49. The Morgan fingerprint density at radius 3 is 2.12 bits per heavy atom. The van der Waals surface area contributed by atoms with Crippen molar-refractivity contribution in [1.82, 2.24) is 9.21 Å². The molecule has 4 nitrogen and oxygen atoms in total. The Hall–Kier alpha value is -1.33. The highest BCUT2D eigenvalue weighted by Crippen LogP contribution is 2.27. The first-order valence-corrected chi connectivity index (χ1v) is 6.31. The molecule has 1 aromatic carbocycles. The van der Waals surface area contributed by atoms with Gasteiger partial charge < -0.3 is 4.90 Å². The molecule has 0 atom stereocenters. The van der Waals surface area contributed by atoms with Gasteiger partial charge in [-0.05, 0) is 38.2 Å². The fourth-order valence-electron chi connectivity index (χ4n) is 1.60. The van der Waals surface area contributed by atoms with Gasteiger partial charge in [-0.25, -0.2) is 4.31 Å². The van der Waals surface area contributed by atoms with E-state index < -0.39 is 0 Å². The van der Waals surface area contributed by atoms with Crippen LogP contribution in [0.25, 0.3) is 0 Å². The number of carbonyl (C=O) groups is 2. The molecular weight excluding hydrogens is 236 g/mol. The third kappa shape index (κ3) is 2.35. The number of hydrogen-bond donors (Lipinski definition) is 0. The molecule has 0 spiro atoms. The van der Waals surface area contributed by atoms with E-state index in [9.17, 15) is 9.59 Å². The second kappa shape index (κ2) is 4.89. The summed E-state index contributed by atoms with van der Waals surface area (Å²) in [6, 6.07) is 6.94. The number of hydrogen-bond acceptors (Lipinski definition) is 4. The lowest BCUT2D eigenvalue weighted by Gasteiger charge is -2.14. The molecule has 1 aromatic rings. The number of carbonyl (C=O) groups excluding carboxylic acids is 2. The van der Waals surface area contributed by atoms with Crippen molar-refractivity contribution in [2.24, 2.45) is 0 Å². The van der Waals surface area contributed by atoms with Crippen LogP contribution in [0.4, 0.5) is 0 Å². The zero-order chi connectivity index (χ0) is 12.4. The van der Waals surface area contributed by atoms with Gasteiger partial charge in [0.1, 0.15) is 0 Å².